The molecule has 1 amide bonds. The van der Waals surface area contributed by atoms with Crippen LogP contribution in [0.1, 0.15) is 24.4 Å². The van der Waals surface area contributed by atoms with Crippen LogP contribution in [0.4, 0.5) is 0 Å². The largest absolute Gasteiger partial charge is 0.479 e. The maximum Gasteiger partial charge on any atom is 0.330 e. The number of aliphatic carboxylic acids is 1. The molecule has 0 saturated heterocycles. The number of nitrogens with one attached hydrogen (secondary N) is 1. The number of benzene rings is 1. The van der Waals surface area contributed by atoms with Gasteiger partial charge in [-0.2, -0.15) is 0 Å². The molecule has 2 N–H and O–H groups in total. The molecule has 0 saturated carbocycles. The van der Waals surface area contributed by atoms with E-state index in [1.807, 2.05) is 0 Å². The zero-order valence-electron chi connectivity index (χ0n) is 11.6. The highest BCUT2D eigenvalue weighted by Gasteiger charge is 2.25. The van der Waals surface area contributed by atoms with Gasteiger partial charge in [0.15, 0.2) is 6.04 Å². The summed E-state index contributed by atoms with van der Waals surface area (Å²) in [5, 5.41) is 11.9. The van der Waals surface area contributed by atoms with E-state index in [4.69, 9.17) is 0 Å². The molecule has 0 radical (unpaired) electrons. The van der Waals surface area contributed by atoms with Crippen LogP contribution in [0, 0.1) is 5.92 Å². The third-order valence-electron chi connectivity index (χ3n) is 3.01. The van der Waals surface area contributed by atoms with Gasteiger partial charge in [0, 0.05) is 10.4 Å². The van der Waals surface area contributed by atoms with Gasteiger partial charge in [-0.05, 0) is 30.5 Å². The molecule has 1 unspecified atom stereocenters. The topological polar surface area (TPSA) is 66.4 Å². The first-order chi connectivity index (χ1) is 9.99. The minimum absolute atomic E-state index is 0.315. The van der Waals surface area contributed by atoms with Crippen molar-refractivity contribution in [2.24, 2.45) is 5.92 Å². The smallest absolute Gasteiger partial charge is 0.330 e. The molecule has 4 nitrogen and oxygen atoms in total. The number of carboxylic acid groups (broad SMARTS) is 1. The fraction of sp³-hybridized carbons (Fsp3) is 0.250. The molecule has 1 atom stereocenters. The second kappa shape index (κ2) is 8.42. The Hall–Kier alpha value is -1.88. The van der Waals surface area contributed by atoms with Gasteiger partial charge in [-0.3, -0.25) is 4.79 Å². The molecule has 0 aromatic heterocycles. The molecule has 0 fully saturated rings. The first-order valence-electron chi connectivity index (χ1n) is 6.50. The molecule has 0 aliphatic rings. The lowest BCUT2D eigenvalue weighted by Crippen LogP contribution is -2.37. The fourth-order valence-electron chi connectivity index (χ4n) is 1.92. The predicted molar refractivity (Wildman–Crippen MR) is 85.8 cm³/mol. The Kier molecular flexibility index (Phi) is 6.88. The highest BCUT2D eigenvalue weighted by molar-refractivity contribution is 9.10. The van der Waals surface area contributed by atoms with Gasteiger partial charge < -0.3 is 10.4 Å². The molecule has 0 aliphatic heterocycles. The van der Waals surface area contributed by atoms with Crippen molar-refractivity contribution in [2.75, 3.05) is 0 Å². The number of carboxylic acids is 1. The first-order valence-corrected chi connectivity index (χ1v) is 7.29. The van der Waals surface area contributed by atoms with Crippen molar-refractivity contribution >= 4 is 27.8 Å². The fourth-order valence-corrected chi connectivity index (χ4v) is 2.18. The minimum Gasteiger partial charge on any atom is -0.479 e. The molecule has 0 bridgehead atoms. The van der Waals surface area contributed by atoms with Crippen molar-refractivity contribution in [2.45, 2.75) is 18.9 Å². The van der Waals surface area contributed by atoms with Crippen LogP contribution in [0.3, 0.4) is 0 Å². The van der Waals surface area contributed by atoms with Crippen LogP contribution in [0.25, 0.3) is 0 Å². The van der Waals surface area contributed by atoms with Gasteiger partial charge >= 0.3 is 5.97 Å². The molecule has 0 spiro atoms. The number of carbonyl (C=O) groups excluding carboxylic acids is 1. The third-order valence-corrected chi connectivity index (χ3v) is 3.54. The van der Waals surface area contributed by atoms with Crippen LogP contribution < -0.4 is 5.32 Å². The SMILES string of the molecule is C=CCC(CC=C)C(=O)NC(C(=O)O)c1ccc(Br)cc1. The van der Waals surface area contributed by atoms with E-state index in [0.29, 0.717) is 18.4 Å². The summed E-state index contributed by atoms with van der Waals surface area (Å²) in [4.78, 5) is 23.6. The van der Waals surface area contributed by atoms with Crippen LogP contribution in [0.5, 0.6) is 0 Å². The van der Waals surface area contributed by atoms with Crippen molar-refractivity contribution in [1.82, 2.24) is 5.32 Å². The lowest BCUT2D eigenvalue weighted by Gasteiger charge is -2.19. The van der Waals surface area contributed by atoms with Gasteiger partial charge in [-0.15, -0.1) is 13.2 Å². The zero-order valence-corrected chi connectivity index (χ0v) is 13.2. The number of carbonyl (C=O) groups is 2. The maximum absolute atomic E-state index is 12.2. The first kappa shape index (κ1) is 17.2. The average Bonchev–Trinajstić information content (AvgIpc) is 2.45. The summed E-state index contributed by atoms with van der Waals surface area (Å²) in [6.45, 7) is 7.22. The van der Waals surface area contributed by atoms with Crippen molar-refractivity contribution in [3.8, 4) is 0 Å². The Morgan fingerprint density at radius 3 is 2.14 bits per heavy atom. The predicted octanol–water partition coefficient (Wildman–Crippen LogP) is 3.46. The minimum atomic E-state index is -1.10. The van der Waals surface area contributed by atoms with Gasteiger partial charge in [-0.1, -0.05) is 40.2 Å². The maximum atomic E-state index is 12.2. The van der Waals surface area contributed by atoms with E-state index >= 15 is 0 Å². The Morgan fingerprint density at radius 1 is 1.19 bits per heavy atom. The van der Waals surface area contributed by atoms with Crippen molar-refractivity contribution in [3.05, 3.63) is 59.6 Å². The highest BCUT2D eigenvalue weighted by Crippen LogP contribution is 2.19. The van der Waals surface area contributed by atoms with Gasteiger partial charge in [0.25, 0.3) is 0 Å². The summed E-state index contributed by atoms with van der Waals surface area (Å²) in [5.74, 6) is -1.76. The van der Waals surface area contributed by atoms with Crippen LogP contribution in [-0.2, 0) is 9.59 Å². The number of rotatable bonds is 8. The number of allylic oxidation sites excluding steroid dienone is 2. The molecule has 112 valence electrons. The summed E-state index contributed by atoms with van der Waals surface area (Å²) in [5.41, 5.74) is 0.523. The summed E-state index contributed by atoms with van der Waals surface area (Å²) in [6, 6.07) is 5.74. The Bertz CT molecular complexity index is 515. The van der Waals surface area contributed by atoms with E-state index < -0.39 is 12.0 Å². The number of hydrogen-bond donors (Lipinski definition) is 2. The molecular weight excluding hydrogens is 334 g/mol. The second-order valence-electron chi connectivity index (χ2n) is 4.58. The van der Waals surface area contributed by atoms with Gasteiger partial charge in [-0.25, -0.2) is 4.79 Å². The molecule has 0 aliphatic carbocycles. The zero-order chi connectivity index (χ0) is 15.8. The Morgan fingerprint density at radius 2 is 1.71 bits per heavy atom. The lowest BCUT2D eigenvalue weighted by atomic mass is 9.99. The van der Waals surface area contributed by atoms with Gasteiger partial charge in [0.05, 0.1) is 0 Å². The number of halogens is 1. The van der Waals surface area contributed by atoms with Gasteiger partial charge in [0.2, 0.25) is 5.91 Å². The van der Waals surface area contributed by atoms with Crippen molar-refractivity contribution in [1.29, 1.82) is 0 Å². The highest BCUT2D eigenvalue weighted by atomic mass is 79.9. The monoisotopic (exact) mass is 351 g/mol. The van der Waals surface area contributed by atoms with Crippen molar-refractivity contribution < 1.29 is 14.7 Å². The van der Waals surface area contributed by atoms with E-state index in [2.05, 4.69) is 34.4 Å². The van der Waals surface area contributed by atoms with E-state index in [1.165, 1.54) is 0 Å². The Labute approximate surface area is 132 Å². The summed E-state index contributed by atoms with van der Waals surface area (Å²) < 4.78 is 0.845. The van der Waals surface area contributed by atoms with E-state index in [-0.39, 0.29) is 11.8 Å². The second-order valence-corrected chi connectivity index (χ2v) is 5.49. The van der Waals surface area contributed by atoms with Gasteiger partial charge in [0.1, 0.15) is 0 Å². The Balaban J connectivity index is 2.89. The molecule has 1 aromatic carbocycles. The molecule has 1 aromatic rings. The molecule has 21 heavy (non-hydrogen) atoms. The molecule has 5 heteroatoms. The molecule has 1 rings (SSSR count). The summed E-state index contributed by atoms with van der Waals surface area (Å²) in [7, 11) is 0. The molecular formula is C16H18BrNO3. The quantitative estimate of drug-likeness (QED) is 0.704. The summed E-state index contributed by atoms with van der Waals surface area (Å²) in [6.07, 6.45) is 4.24. The third kappa shape index (κ3) is 5.19. The molecule has 0 heterocycles. The van der Waals surface area contributed by atoms with E-state index in [9.17, 15) is 14.7 Å². The van der Waals surface area contributed by atoms with Crippen LogP contribution >= 0.6 is 15.9 Å². The number of amides is 1. The van der Waals surface area contributed by atoms with E-state index in [0.717, 1.165) is 4.47 Å². The lowest BCUT2D eigenvalue weighted by molar-refractivity contribution is -0.142. The number of hydrogen-bond acceptors (Lipinski definition) is 2. The van der Waals surface area contributed by atoms with Crippen LogP contribution in [0.2, 0.25) is 0 Å². The standard InChI is InChI=1S/C16H18BrNO3/c1-3-5-12(6-4-2)15(19)18-14(16(20)21)11-7-9-13(17)10-8-11/h3-4,7-10,12,14H,1-2,5-6H2,(H,18,19)(H,20,21). The van der Waals surface area contributed by atoms with Crippen molar-refractivity contribution in [3.63, 3.8) is 0 Å². The average molecular weight is 352 g/mol. The normalized spacial score (nSPS) is 11.7. The van der Waals surface area contributed by atoms with E-state index in [1.54, 1.807) is 36.4 Å². The van der Waals surface area contributed by atoms with Crippen LogP contribution in [0.15, 0.2) is 54.0 Å². The summed E-state index contributed by atoms with van der Waals surface area (Å²) >= 11 is 3.29. The van der Waals surface area contributed by atoms with Crippen LogP contribution in [-0.4, -0.2) is 17.0 Å².